The maximum atomic E-state index is 12.1. The van der Waals surface area contributed by atoms with Crippen molar-refractivity contribution < 1.29 is 28.5 Å². The normalized spacial score (nSPS) is 10.2. The number of ether oxygens (including phenoxy) is 4. The Balaban J connectivity index is 1.96. The first-order valence-electron chi connectivity index (χ1n) is 8.69. The number of carbonyl (C=O) groups is 2. The number of aryl methyl sites for hydroxylation is 2. The molecule has 1 amide bonds. The van der Waals surface area contributed by atoms with Crippen molar-refractivity contribution in [1.82, 2.24) is 5.32 Å². The third-order valence-corrected chi connectivity index (χ3v) is 4.05. The van der Waals surface area contributed by atoms with Gasteiger partial charge in [-0.05, 0) is 32.0 Å². The van der Waals surface area contributed by atoms with Gasteiger partial charge in [0, 0.05) is 18.2 Å². The first-order valence-corrected chi connectivity index (χ1v) is 8.69. The molecule has 0 unspecified atom stereocenters. The van der Waals surface area contributed by atoms with Crippen LogP contribution in [0.5, 0.6) is 17.2 Å². The van der Waals surface area contributed by atoms with Crippen molar-refractivity contribution in [3.63, 3.8) is 0 Å². The summed E-state index contributed by atoms with van der Waals surface area (Å²) in [5.41, 5.74) is 3.04. The van der Waals surface area contributed by atoms with E-state index in [0.29, 0.717) is 28.4 Å². The second-order valence-corrected chi connectivity index (χ2v) is 6.25. The standard InChI is InChI=1S/C21H25NO6/c1-13-6-14(2)8-15(7-13)21(24)28-12-20(23)22-11-16-9-18(26-4)19(27-5)10-17(16)25-3/h6-10H,11-12H2,1-5H3,(H,22,23). The highest BCUT2D eigenvalue weighted by Crippen LogP contribution is 2.34. The highest BCUT2D eigenvalue weighted by molar-refractivity contribution is 5.91. The Hall–Kier alpha value is -3.22. The molecule has 0 bridgehead atoms. The van der Waals surface area contributed by atoms with Crippen LogP contribution in [0, 0.1) is 13.8 Å². The van der Waals surface area contributed by atoms with E-state index < -0.39 is 11.9 Å². The number of hydrogen-bond donors (Lipinski definition) is 1. The Morgan fingerprint density at radius 1 is 0.821 bits per heavy atom. The summed E-state index contributed by atoms with van der Waals surface area (Å²) in [7, 11) is 4.58. The minimum Gasteiger partial charge on any atom is -0.496 e. The van der Waals surface area contributed by atoms with Gasteiger partial charge in [-0.25, -0.2) is 4.79 Å². The number of hydrogen-bond acceptors (Lipinski definition) is 6. The molecule has 0 fully saturated rings. The first kappa shape index (κ1) is 21.1. The third kappa shape index (κ3) is 5.39. The Kier molecular flexibility index (Phi) is 7.26. The fraction of sp³-hybridized carbons (Fsp3) is 0.333. The highest BCUT2D eigenvalue weighted by Gasteiger charge is 2.14. The summed E-state index contributed by atoms with van der Waals surface area (Å²) in [6.07, 6.45) is 0. The van der Waals surface area contributed by atoms with E-state index in [1.54, 1.807) is 24.3 Å². The molecule has 0 heterocycles. The maximum Gasteiger partial charge on any atom is 0.338 e. The van der Waals surface area contributed by atoms with Gasteiger partial charge in [-0.2, -0.15) is 0 Å². The number of nitrogens with one attached hydrogen (secondary N) is 1. The zero-order valence-corrected chi connectivity index (χ0v) is 16.8. The SMILES string of the molecule is COc1cc(OC)c(OC)cc1CNC(=O)COC(=O)c1cc(C)cc(C)c1. The lowest BCUT2D eigenvalue weighted by atomic mass is 10.1. The number of amides is 1. The molecule has 0 radical (unpaired) electrons. The van der Waals surface area contributed by atoms with E-state index >= 15 is 0 Å². The predicted octanol–water partition coefficient (Wildman–Crippen LogP) is 2.80. The molecule has 0 aliphatic carbocycles. The molecule has 7 heteroatoms. The molecule has 0 saturated heterocycles. The number of carbonyl (C=O) groups excluding carboxylic acids is 2. The summed E-state index contributed by atoms with van der Waals surface area (Å²) in [5, 5.41) is 2.70. The molecule has 150 valence electrons. The van der Waals surface area contributed by atoms with Gasteiger partial charge in [-0.1, -0.05) is 17.2 Å². The Bertz CT molecular complexity index is 842. The summed E-state index contributed by atoms with van der Waals surface area (Å²) in [6.45, 7) is 3.60. The quantitative estimate of drug-likeness (QED) is 0.702. The van der Waals surface area contributed by atoms with Crippen LogP contribution in [0.1, 0.15) is 27.0 Å². The van der Waals surface area contributed by atoms with Gasteiger partial charge in [0.2, 0.25) is 0 Å². The van der Waals surface area contributed by atoms with Gasteiger partial charge in [0.05, 0.1) is 26.9 Å². The largest absolute Gasteiger partial charge is 0.496 e. The second kappa shape index (κ2) is 9.64. The van der Waals surface area contributed by atoms with Crippen molar-refractivity contribution in [2.45, 2.75) is 20.4 Å². The van der Waals surface area contributed by atoms with Gasteiger partial charge in [-0.15, -0.1) is 0 Å². The van der Waals surface area contributed by atoms with Crippen LogP contribution in [0.15, 0.2) is 30.3 Å². The van der Waals surface area contributed by atoms with Crippen LogP contribution in [0.25, 0.3) is 0 Å². The monoisotopic (exact) mass is 387 g/mol. The Labute approximate surface area is 164 Å². The van der Waals surface area contributed by atoms with E-state index in [1.165, 1.54) is 21.3 Å². The summed E-state index contributed by atoms with van der Waals surface area (Å²) in [6, 6.07) is 8.81. The van der Waals surface area contributed by atoms with E-state index in [-0.39, 0.29) is 13.2 Å². The molecule has 0 atom stereocenters. The van der Waals surface area contributed by atoms with Crippen LogP contribution in [-0.4, -0.2) is 39.8 Å². The molecule has 1 N–H and O–H groups in total. The fourth-order valence-corrected chi connectivity index (χ4v) is 2.78. The van der Waals surface area contributed by atoms with Gasteiger partial charge < -0.3 is 24.3 Å². The van der Waals surface area contributed by atoms with E-state index in [9.17, 15) is 9.59 Å². The van der Waals surface area contributed by atoms with Crippen molar-refractivity contribution in [3.05, 3.63) is 52.6 Å². The molecule has 2 aromatic rings. The molecular formula is C21H25NO6. The Morgan fingerprint density at radius 2 is 1.39 bits per heavy atom. The lowest BCUT2D eigenvalue weighted by Crippen LogP contribution is -2.28. The molecule has 0 spiro atoms. The minimum absolute atomic E-state index is 0.184. The van der Waals surface area contributed by atoms with Gasteiger partial charge in [0.1, 0.15) is 5.75 Å². The van der Waals surface area contributed by atoms with Crippen LogP contribution in [0.2, 0.25) is 0 Å². The zero-order chi connectivity index (χ0) is 20.7. The molecule has 28 heavy (non-hydrogen) atoms. The van der Waals surface area contributed by atoms with Crippen molar-refractivity contribution in [1.29, 1.82) is 0 Å². The van der Waals surface area contributed by atoms with Crippen LogP contribution >= 0.6 is 0 Å². The van der Waals surface area contributed by atoms with Gasteiger partial charge >= 0.3 is 5.97 Å². The van der Waals surface area contributed by atoms with Crippen LogP contribution in [0.3, 0.4) is 0 Å². The maximum absolute atomic E-state index is 12.1. The average molecular weight is 387 g/mol. The summed E-state index contributed by atoms with van der Waals surface area (Å²) >= 11 is 0. The van der Waals surface area contributed by atoms with Crippen LogP contribution < -0.4 is 19.5 Å². The number of esters is 1. The molecular weight excluding hydrogens is 362 g/mol. The molecule has 0 saturated carbocycles. The molecule has 0 aliphatic rings. The topological polar surface area (TPSA) is 83.1 Å². The zero-order valence-electron chi connectivity index (χ0n) is 16.8. The number of rotatable bonds is 8. The van der Waals surface area contributed by atoms with Crippen molar-refractivity contribution in [2.75, 3.05) is 27.9 Å². The van der Waals surface area contributed by atoms with Crippen molar-refractivity contribution in [2.24, 2.45) is 0 Å². The smallest absolute Gasteiger partial charge is 0.338 e. The molecule has 7 nitrogen and oxygen atoms in total. The van der Waals surface area contributed by atoms with Crippen molar-refractivity contribution in [3.8, 4) is 17.2 Å². The second-order valence-electron chi connectivity index (χ2n) is 6.25. The van der Waals surface area contributed by atoms with Crippen molar-refractivity contribution >= 4 is 11.9 Å². The van der Waals surface area contributed by atoms with E-state index in [1.807, 2.05) is 19.9 Å². The Morgan fingerprint density at radius 3 is 1.96 bits per heavy atom. The number of benzene rings is 2. The highest BCUT2D eigenvalue weighted by atomic mass is 16.5. The molecule has 2 aromatic carbocycles. The van der Waals surface area contributed by atoms with Crippen LogP contribution in [-0.2, 0) is 16.1 Å². The molecule has 0 aliphatic heterocycles. The van der Waals surface area contributed by atoms with Gasteiger partial charge in [0.15, 0.2) is 18.1 Å². The lowest BCUT2D eigenvalue weighted by molar-refractivity contribution is -0.124. The van der Waals surface area contributed by atoms with E-state index in [0.717, 1.165) is 11.1 Å². The number of methoxy groups -OCH3 is 3. The van der Waals surface area contributed by atoms with Crippen LogP contribution in [0.4, 0.5) is 0 Å². The molecule has 2 rings (SSSR count). The van der Waals surface area contributed by atoms with Gasteiger partial charge in [0.25, 0.3) is 5.91 Å². The summed E-state index contributed by atoms with van der Waals surface area (Å²) < 4.78 is 20.9. The molecule has 0 aromatic heterocycles. The summed E-state index contributed by atoms with van der Waals surface area (Å²) in [4.78, 5) is 24.2. The van der Waals surface area contributed by atoms with E-state index in [4.69, 9.17) is 18.9 Å². The predicted molar refractivity (Wildman–Crippen MR) is 104 cm³/mol. The average Bonchev–Trinajstić information content (AvgIpc) is 2.68. The first-order chi connectivity index (χ1) is 13.4. The lowest BCUT2D eigenvalue weighted by Gasteiger charge is -2.14. The third-order valence-electron chi connectivity index (χ3n) is 4.05. The summed E-state index contributed by atoms with van der Waals surface area (Å²) in [5.74, 6) is 0.635. The van der Waals surface area contributed by atoms with E-state index in [2.05, 4.69) is 5.32 Å². The minimum atomic E-state index is -0.536. The fourth-order valence-electron chi connectivity index (χ4n) is 2.78. The van der Waals surface area contributed by atoms with Gasteiger partial charge in [-0.3, -0.25) is 4.79 Å².